The van der Waals surface area contributed by atoms with Gasteiger partial charge in [0.2, 0.25) is 0 Å². The lowest BCUT2D eigenvalue weighted by Crippen LogP contribution is -2.44. The monoisotopic (exact) mass is 499 g/mol. The molecule has 188 valence electrons. The van der Waals surface area contributed by atoms with E-state index in [9.17, 15) is 19.3 Å². The third-order valence-corrected chi connectivity index (χ3v) is 6.55. The third kappa shape index (κ3) is 5.57. The number of hydrogen-bond donors (Lipinski definition) is 1. The van der Waals surface area contributed by atoms with Gasteiger partial charge >= 0.3 is 0 Å². The van der Waals surface area contributed by atoms with Crippen LogP contribution in [0.25, 0.3) is 16.9 Å². The van der Waals surface area contributed by atoms with E-state index in [2.05, 4.69) is 27.4 Å². The maximum atomic E-state index is 14.5. The van der Waals surface area contributed by atoms with Gasteiger partial charge in [0.05, 0.1) is 16.3 Å². The molecule has 8 nitrogen and oxygen atoms in total. The summed E-state index contributed by atoms with van der Waals surface area (Å²) in [6, 6.07) is 23.8. The van der Waals surface area contributed by atoms with Crippen LogP contribution in [0.5, 0.6) is 0 Å². The predicted molar refractivity (Wildman–Crippen MR) is 138 cm³/mol. The molecule has 3 aromatic carbocycles. The zero-order chi connectivity index (χ0) is 25.8. The summed E-state index contributed by atoms with van der Waals surface area (Å²) in [7, 11) is 0. The molecule has 1 amide bonds. The molecule has 0 unspecified atom stereocenters. The highest BCUT2D eigenvalue weighted by molar-refractivity contribution is 5.94. The van der Waals surface area contributed by atoms with Gasteiger partial charge in [-0.1, -0.05) is 48.5 Å². The molecule has 0 spiro atoms. The SMILES string of the molecule is O=C(NC1CCN(Cc2ccccc2)CC1)c1cc(-c2ccccc2F)nn1-c1cccc([N+](=O)[O-])c1. The standard InChI is InChI=1S/C28H26FN5O3/c29-25-12-5-4-11-24(25)26-18-27(33(31-26)22-9-6-10-23(17-22)34(36)37)28(35)30-21-13-15-32(16-14-21)19-20-7-2-1-3-8-20/h1-12,17-18,21H,13-16,19H2,(H,30,35). The Hall–Kier alpha value is -4.37. The van der Waals surface area contributed by atoms with Crippen LogP contribution in [0.15, 0.2) is 84.9 Å². The van der Waals surface area contributed by atoms with Gasteiger partial charge in [-0.3, -0.25) is 19.8 Å². The lowest BCUT2D eigenvalue weighted by atomic mass is 10.0. The summed E-state index contributed by atoms with van der Waals surface area (Å²) in [5, 5.41) is 18.9. The third-order valence-electron chi connectivity index (χ3n) is 6.55. The molecule has 2 heterocycles. The molecule has 1 aliphatic heterocycles. The zero-order valence-corrected chi connectivity index (χ0v) is 20.1. The number of carbonyl (C=O) groups excluding carboxylic acids is 1. The Morgan fingerprint density at radius 1 is 1.00 bits per heavy atom. The largest absolute Gasteiger partial charge is 0.348 e. The maximum Gasteiger partial charge on any atom is 0.271 e. The molecule has 4 aromatic rings. The van der Waals surface area contributed by atoms with Gasteiger partial charge in [0.15, 0.2) is 0 Å². The number of amides is 1. The van der Waals surface area contributed by atoms with Gasteiger partial charge in [0.25, 0.3) is 11.6 Å². The minimum atomic E-state index is -0.506. The van der Waals surface area contributed by atoms with Crippen LogP contribution in [0.2, 0.25) is 0 Å². The van der Waals surface area contributed by atoms with E-state index in [0.717, 1.165) is 32.5 Å². The zero-order valence-electron chi connectivity index (χ0n) is 20.1. The van der Waals surface area contributed by atoms with Crippen molar-refractivity contribution in [1.29, 1.82) is 0 Å². The molecule has 1 saturated heterocycles. The van der Waals surface area contributed by atoms with Crippen molar-refractivity contribution < 1.29 is 14.1 Å². The van der Waals surface area contributed by atoms with Gasteiger partial charge in [-0.2, -0.15) is 5.10 Å². The fourth-order valence-corrected chi connectivity index (χ4v) is 4.61. The van der Waals surface area contributed by atoms with E-state index in [4.69, 9.17) is 0 Å². The van der Waals surface area contributed by atoms with E-state index in [1.54, 1.807) is 24.3 Å². The van der Waals surface area contributed by atoms with E-state index in [1.165, 1.54) is 40.6 Å². The van der Waals surface area contributed by atoms with Gasteiger partial charge in [-0.15, -0.1) is 0 Å². The van der Waals surface area contributed by atoms with E-state index >= 15 is 0 Å². The second kappa shape index (κ2) is 10.7. The number of nitrogens with one attached hydrogen (secondary N) is 1. The Balaban J connectivity index is 1.37. The maximum absolute atomic E-state index is 14.5. The molecule has 37 heavy (non-hydrogen) atoms. The van der Waals surface area contributed by atoms with E-state index in [1.807, 2.05) is 18.2 Å². The summed E-state index contributed by atoms with van der Waals surface area (Å²) >= 11 is 0. The second-order valence-electron chi connectivity index (χ2n) is 9.09. The van der Waals surface area contributed by atoms with Gasteiger partial charge in [-0.05, 0) is 42.7 Å². The van der Waals surface area contributed by atoms with Crippen LogP contribution >= 0.6 is 0 Å². The van der Waals surface area contributed by atoms with Crippen molar-refractivity contribution >= 4 is 11.6 Å². The second-order valence-corrected chi connectivity index (χ2v) is 9.09. The Morgan fingerprint density at radius 3 is 2.46 bits per heavy atom. The minimum absolute atomic E-state index is 0.0232. The van der Waals surface area contributed by atoms with Crippen LogP contribution in [0.3, 0.4) is 0 Å². The van der Waals surface area contributed by atoms with Crippen molar-refractivity contribution in [1.82, 2.24) is 20.0 Å². The number of likely N-dealkylation sites (tertiary alicyclic amines) is 1. The first kappa shape index (κ1) is 24.3. The number of hydrogen-bond acceptors (Lipinski definition) is 5. The van der Waals surface area contributed by atoms with Gasteiger partial charge in [0.1, 0.15) is 11.5 Å². The normalized spacial score (nSPS) is 14.4. The minimum Gasteiger partial charge on any atom is -0.348 e. The lowest BCUT2D eigenvalue weighted by Gasteiger charge is -2.32. The van der Waals surface area contributed by atoms with Crippen LogP contribution in [-0.4, -0.2) is 44.6 Å². The van der Waals surface area contributed by atoms with Crippen LogP contribution in [0, 0.1) is 15.9 Å². The molecular formula is C28H26FN5O3. The number of rotatable bonds is 7. The van der Waals surface area contributed by atoms with E-state index in [0.29, 0.717) is 5.69 Å². The van der Waals surface area contributed by atoms with Gasteiger partial charge < -0.3 is 5.32 Å². The number of nitrogens with zero attached hydrogens (tertiary/aromatic N) is 4. The summed E-state index contributed by atoms with van der Waals surface area (Å²) in [4.78, 5) is 26.6. The number of nitro benzene ring substituents is 1. The van der Waals surface area contributed by atoms with Crippen molar-refractivity contribution in [3.63, 3.8) is 0 Å². The summed E-state index contributed by atoms with van der Waals surface area (Å²) < 4.78 is 15.9. The molecule has 1 aromatic heterocycles. The molecule has 1 aliphatic rings. The van der Waals surface area contributed by atoms with Crippen molar-refractivity contribution in [3.05, 3.63) is 112 Å². The molecular weight excluding hydrogens is 473 g/mol. The molecule has 1 N–H and O–H groups in total. The van der Waals surface area contributed by atoms with Gasteiger partial charge in [0, 0.05) is 43.4 Å². The average Bonchev–Trinajstić information content (AvgIpc) is 3.36. The molecule has 5 rings (SSSR count). The highest BCUT2D eigenvalue weighted by atomic mass is 19.1. The van der Waals surface area contributed by atoms with Crippen LogP contribution in [-0.2, 0) is 6.54 Å². The van der Waals surface area contributed by atoms with Crippen molar-refractivity contribution in [3.8, 4) is 16.9 Å². The number of nitro groups is 1. The fraction of sp³-hybridized carbons (Fsp3) is 0.214. The van der Waals surface area contributed by atoms with E-state index in [-0.39, 0.29) is 34.6 Å². The summed E-state index contributed by atoms with van der Waals surface area (Å²) in [6.07, 6.45) is 1.59. The van der Waals surface area contributed by atoms with Crippen molar-refractivity contribution in [2.24, 2.45) is 0 Å². The number of carbonyl (C=O) groups is 1. The van der Waals surface area contributed by atoms with Crippen molar-refractivity contribution in [2.75, 3.05) is 13.1 Å². The summed E-state index contributed by atoms with van der Waals surface area (Å²) in [6.45, 7) is 2.57. The predicted octanol–water partition coefficient (Wildman–Crippen LogP) is 4.98. The Kier molecular flexibility index (Phi) is 7.04. The number of benzene rings is 3. The highest BCUT2D eigenvalue weighted by Crippen LogP contribution is 2.26. The first-order chi connectivity index (χ1) is 18.0. The smallest absolute Gasteiger partial charge is 0.271 e. The lowest BCUT2D eigenvalue weighted by molar-refractivity contribution is -0.384. The first-order valence-electron chi connectivity index (χ1n) is 12.1. The molecule has 0 radical (unpaired) electrons. The van der Waals surface area contributed by atoms with Crippen LogP contribution in [0.4, 0.5) is 10.1 Å². The summed E-state index contributed by atoms with van der Waals surface area (Å²) in [5.41, 5.74) is 2.18. The Labute approximate surface area is 213 Å². The topological polar surface area (TPSA) is 93.3 Å². The highest BCUT2D eigenvalue weighted by Gasteiger charge is 2.25. The first-order valence-corrected chi connectivity index (χ1v) is 12.1. The number of non-ortho nitro benzene ring substituents is 1. The molecule has 1 fully saturated rings. The molecule has 0 bridgehead atoms. The fourth-order valence-electron chi connectivity index (χ4n) is 4.61. The van der Waals surface area contributed by atoms with Crippen LogP contribution in [0.1, 0.15) is 28.9 Å². The molecule has 0 saturated carbocycles. The number of piperidine rings is 1. The Bertz CT molecular complexity index is 1410. The quantitative estimate of drug-likeness (QED) is 0.286. The van der Waals surface area contributed by atoms with Crippen molar-refractivity contribution in [2.45, 2.75) is 25.4 Å². The summed E-state index contributed by atoms with van der Waals surface area (Å²) in [5.74, 6) is -0.827. The molecule has 0 atom stereocenters. The Morgan fingerprint density at radius 2 is 1.73 bits per heavy atom. The number of aromatic nitrogens is 2. The average molecular weight is 500 g/mol. The number of halogens is 1. The molecule has 9 heteroatoms. The van der Waals surface area contributed by atoms with E-state index < -0.39 is 10.7 Å². The molecule has 0 aliphatic carbocycles. The van der Waals surface area contributed by atoms with Crippen LogP contribution < -0.4 is 5.32 Å². The van der Waals surface area contributed by atoms with Gasteiger partial charge in [-0.25, -0.2) is 9.07 Å².